The first-order valence-corrected chi connectivity index (χ1v) is 11.3. The molecule has 0 spiro atoms. The standard InChI is InChI=1S/C25H25N3O2S/c1-3-7-23-24(29)28(17-18-12-14-21(30-2)15-13-18)25(31-23)27-26-16-20-10-6-9-19-8-4-5-11-22(19)20/h4-6,8-16,23H,3,7,17H2,1-2H3. The highest BCUT2D eigenvalue weighted by Gasteiger charge is 2.37. The molecule has 0 aliphatic carbocycles. The highest BCUT2D eigenvalue weighted by molar-refractivity contribution is 8.15. The van der Waals surface area contributed by atoms with Gasteiger partial charge in [-0.05, 0) is 34.9 Å². The first-order valence-electron chi connectivity index (χ1n) is 10.4. The summed E-state index contributed by atoms with van der Waals surface area (Å²) in [6.07, 6.45) is 3.54. The first kappa shape index (κ1) is 21.1. The van der Waals surface area contributed by atoms with Gasteiger partial charge in [0.15, 0.2) is 5.17 Å². The number of hydrogen-bond donors (Lipinski definition) is 0. The van der Waals surface area contributed by atoms with Gasteiger partial charge < -0.3 is 4.74 Å². The fourth-order valence-corrected chi connectivity index (χ4v) is 4.81. The molecule has 0 N–H and O–H groups in total. The van der Waals surface area contributed by atoms with E-state index < -0.39 is 0 Å². The molecule has 3 aromatic rings. The third-order valence-electron chi connectivity index (χ3n) is 5.23. The van der Waals surface area contributed by atoms with Gasteiger partial charge in [-0.1, -0.05) is 79.7 Å². The van der Waals surface area contributed by atoms with E-state index in [0.717, 1.165) is 40.5 Å². The highest BCUT2D eigenvalue weighted by atomic mass is 32.2. The number of thioether (sulfide) groups is 1. The minimum Gasteiger partial charge on any atom is -0.497 e. The van der Waals surface area contributed by atoms with E-state index in [-0.39, 0.29) is 11.2 Å². The number of fused-ring (bicyclic) bond motifs is 1. The van der Waals surface area contributed by atoms with E-state index in [4.69, 9.17) is 4.74 Å². The van der Waals surface area contributed by atoms with Gasteiger partial charge in [0.1, 0.15) is 5.75 Å². The average Bonchev–Trinajstić information content (AvgIpc) is 3.09. The summed E-state index contributed by atoms with van der Waals surface area (Å²) in [6, 6.07) is 22.1. The van der Waals surface area contributed by atoms with Crippen LogP contribution in [0.4, 0.5) is 0 Å². The van der Waals surface area contributed by atoms with Gasteiger partial charge in [-0.2, -0.15) is 5.10 Å². The lowest BCUT2D eigenvalue weighted by Crippen LogP contribution is -2.31. The SMILES string of the molecule is CCCC1SC(=NN=Cc2cccc3ccccc23)N(Cc2ccc(OC)cc2)C1=O. The molecule has 0 aromatic heterocycles. The fourth-order valence-electron chi connectivity index (χ4n) is 3.59. The number of ether oxygens (including phenoxy) is 1. The number of methoxy groups -OCH3 is 1. The number of hydrogen-bond acceptors (Lipinski definition) is 5. The molecular weight excluding hydrogens is 406 g/mol. The molecule has 0 bridgehead atoms. The number of carbonyl (C=O) groups is 1. The molecule has 0 radical (unpaired) electrons. The van der Waals surface area contributed by atoms with Crippen LogP contribution in [0.5, 0.6) is 5.75 Å². The fraction of sp³-hybridized carbons (Fsp3) is 0.240. The Balaban J connectivity index is 1.58. The van der Waals surface area contributed by atoms with Crippen LogP contribution in [-0.2, 0) is 11.3 Å². The van der Waals surface area contributed by atoms with Gasteiger partial charge in [0, 0.05) is 5.56 Å². The maximum absolute atomic E-state index is 13.0. The number of amides is 1. The molecule has 4 rings (SSSR count). The Morgan fingerprint density at radius 3 is 2.61 bits per heavy atom. The van der Waals surface area contributed by atoms with Crippen LogP contribution < -0.4 is 4.74 Å². The van der Waals surface area contributed by atoms with Gasteiger partial charge in [-0.3, -0.25) is 9.69 Å². The molecule has 1 aliphatic rings. The Bertz CT molecular complexity index is 1120. The summed E-state index contributed by atoms with van der Waals surface area (Å²) in [7, 11) is 1.64. The summed E-state index contributed by atoms with van der Waals surface area (Å²) in [5.74, 6) is 0.894. The van der Waals surface area contributed by atoms with Crippen LogP contribution >= 0.6 is 11.8 Å². The van der Waals surface area contributed by atoms with Crippen molar-refractivity contribution in [2.24, 2.45) is 10.2 Å². The van der Waals surface area contributed by atoms with E-state index in [0.29, 0.717) is 11.7 Å². The third kappa shape index (κ3) is 4.80. The van der Waals surface area contributed by atoms with Crippen molar-refractivity contribution >= 4 is 39.8 Å². The molecule has 31 heavy (non-hydrogen) atoms. The van der Waals surface area contributed by atoms with E-state index >= 15 is 0 Å². The van der Waals surface area contributed by atoms with Gasteiger partial charge in [0.25, 0.3) is 0 Å². The second-order valence-electron chi connectivity index (χ2n) is 7.36. The van der Waals surface area contributed by atoms with Gasteiger partial charge in [-0.15, -0.1) is 5.10 Å². The van der Waals surface area contributed by atoms with Crippen molar-refractivity contribution in [1.29, 1.82) is 0 Å². The second kappa shape index (κ2) is 9.79. The van der Waals surface area contributed by atoms with Gasteiger partial charge >= 0.3 is 0 Å². The predicted octanol–water partition coefficient (Wildman–Crippen LogP) is 5.48. The summed E-state index contributed by atoms with van der Waals surface area (Å²) >= 11 is 1.51. The number of amidine groups is 1. The zero-order chi connectivity index (χ0) is 21.6. The van der Waals surface area contributed by atoms with Gasteiger partial charge in [0.2, 0.25) is 5.91 Å². The average molecular weight is 432 g/mol. The molecule has 1 atom stereocenters. The number of carbonyl (C=O) groups excluding carboxylic acids is 1. The van der Waals surface area contributed by atoms with Crippen molar-refractivity contribution in [2.75, 3.05) is 7.11 Å². The Morgan fingerprint density at radius 1 is 1.06 bits per heavy atom. The third-order valence-corrected chi connectivity index (χ3v) is 6.47. The Kier molecular flexibility index (Phi) is 6.67. The first-order chi connectivity index (χ1) is 15.2. The van der Waals surface area contributed by atoms with Crippen LogP contribution in [0.15, 0.2) is 76.9 Å². The number of nitrogens with zero attached hydrogens (tertiary/aromatic N) is 3. The molecule has 1 fully saturated rings. The second-order valence-corrected chi connectivity index (χ2v) is 8.53. The Hall–Kier alpha value is -3.12. The topological polar surface area (TPSA) is 54.3 Å². The van der Waals surface area contributed by atoms with Crippen molar-refractivity contribution in [3.05, 3.63) is 77.9 Å². The minimum absolute atomic E-state index is 0.0989. The lowest BCUT2D eigenvalue weighted by Gasteiger charge is -2.16. The molecule has 6 heteroatoms. The predicted molar refractivity (Wildman–Crippen MR) is 129 cm³/mol. The molecule has 5 nitrogen and oxygen atoms in total. The molecule has 1 aliphatic heterocycles. The normalized spacial score (nSPS) is 17.9. The summed E-state index contributed by atoms with van der Waals surface area (Å²) in [5.41, 5.74) is 2.03. The molecule has 1 amide bonds. The lowest BCUT2D eigenvalue weighted by molar-refractivity contribution is -0.126. The van der Waals surface area contributed by atoms with E-state index in [9.17, 15) is 4.79 Å². The zero-order valence-corrected chi connectivity index (χ0v) is 18.5. The van der Waals surface area contributed by atoms with Crippen molar-refractivity contribution in [2.45, 2.75) is 31.6 Å². The van der Waals surface area contributed by atoms with Crippen LogP contribution in [0.2, 0.25) is 0 Å². The van der Waals surface area contributed by atoms with Crippen LogP contribution in [0.3, 0.4) is 0 Å². The molecule has 1 heterocycles. The smallest absolute Gasteiger partial charge is 0.242 e. The Morgan fingerprint density at radius 2 is 1.84 bits per heavy atom. The van der Waals surface area contributed by atoms with E-state index in [1.54, 1.807) is 18.2 Å². The van der Waals surface area contributed by atoms with Crippen molar-refractivity contribution in [1.82, 2.24) is 4.90 Å². The van der Waals surface area contributed by atoms with Gasteiger partial charge in [-0.25, -0.2) is 0 Å². The summed E-state index contributed by atoms with van der Waals surface area (Å²) in [6.45, 7) is 2.56. The molecule has 158 valence electrons. The molecule has 1 unspecified atom stereocenters. The van der Waals surface area contributed by atoms with Crippen LogP contribution in [0.1, 0.15) is 30.9 Å². The maximum Gasteiger partial charge on any atom is 0.242 e. The van der Waals surface area contributed by atoms with Crippen LogP contribution in [0, 0.1) is 0 Å². The zero-order valence-electron chi connectivity index (χ0n) is 17.7. The summed E-state index contributed by atoms with van der Waals surface area (Å²) < 4.78 is 5.23. The molecular formula is C25H25N3O2S. The van der Waals surface area contributed by atoms with E-state index in [1.165, 1.54) is 11.8 Å². The van der Waals surface area contributed by atoms with Gasteiger partial charge in [0.05, 0.1) is 25.1 Å². The lowest BCUT2D eigenvalue weighted by atomic mass is 10.1. The maximum atomic E-state index is 13.0. The van der Waals surface area contributed by atoms with Crippen molar-refractivity contribution in [3.8, 4) is 5.75 Å². The highest BCUT2D eigenvalue weighted by Crippen LogP contribution is 2.32. The van der Waals surface area contributed by atoms with Crippen molar-refractivity contribution < 1.29 is 9.53 Å². The minimum atomic E-state index is -0.102. The monoisotopic (exact) mass is 431 g/mol. The number of rotatable bonds is 7. The van der Waals surface area contributed by atoms with Crippen LogP contribution in [-0.4, -0.2) is 34.5 Å². The van der Waals surface area contributed by atoms with Crippen molar-refractivity contribution in [3.63, 3.8) is 0 Å². The van der Waals surface area contributed by atoms with Crippen LogP contribution in [0.25, 0.3) is 10.8 Å². The summed E-state index contributed by atoms with van der Waals surface area (Å²) in [4.78, 5) is 14.7. The molecule has 0 saturated carbocycles. The van der Waals surface area contributed by atoms with E-state index in [1.807, 2.05) is 48.5 Å². The van der Waals surface area contributed by atoms with E-state index in [2.05, 4.69) is 35.3 Å². The summed E-state index contributed by atoms with van der Waals surface area (Å²) in [5, 5.41) is 11.6. The quantitative estimate of drug-likeness (QED) is 0.368. The largest absolute Gasteiger partial charge is 0.497 e. The molecule has 3 aromatic carbocycles. The molecule has 1 saturated heterocycles. The number of benzene rings is 3. The Labute approximate surface area is 186 Å².